The maximum absolute atomic E-state index is 11.6. The number of imidazole rings is 1. The van der Waals surface area contributed by atoms with Crippen molar-refractivity contribution in [2.75, 3.05) is 6.61 Å². The second-order valence-electron chi connectivity index (χ2n) is 3.09. The van der Waals surface area contributed by atoms with Gasteiger partial charge in [-0.3, -0.25) is 4.40 Å². The Labute approximate surface area is 91.9 Å². The van der Waals surface area contributed by atoms with E-state index in [-0.39, 0.29) is 0 Å². The van der Waals surface area contributed by atoms with Gasteiger partial charge in [-0.2, -0.15) is 5.26 Å². The van der Waals surface area contributed by atoms with Crippen molar-refractivity contribution in [3.8, 4) is 6.07 Å². The molecule has 0 amide bonds. The lowest BCUT2D eigenvalue weighted by Gasteiger charge is -2.03. The quantitative estimate of drug-likeness (QED) is 0.710. The third kappa shape index (κ3) is 1.50. The van der Waals surface area contributed by atoms with Gasteiger partial charge in [-0.25, -0.2) is 9.78 Å². The third-order valence-electron chi connectivity index (χ3n) is 2.15. The van der Waals surface area contributed by atoms with Crippen LogP contribution in [0.15, 0.2) is 24.5 Å². The molecule has 0 aromatic carbocycles. The summed E-state index contributed by atoms with van der Waals surface area (Å²) < 4.78 is 6.47. The van der Waals surface area contributed by atoms with Gasteiger partial charge in [0.1, 0.15) is 17.3 Å². The monoisotopic (exact) mass is 215 g/mol. The van der Waals surface area contributed by atoms with Crippen molar-refractivity contribution in [2.45, 2.75) is 6.92 Å². The Morgan fingerprint density at radius 2 is 2.50 bits per heavy atom. The van der Waals surface area contributed by atoms with E-state index >= 15 is 0 Å². The molecule has 2 aromatic heterocycles. The highest BCUT2D eigenvalue weighted by Gasteiger charge is 2.13. The number of esters is 1. The number of rotatable bonds is 2. The molecule has 0 radical (unpaired) electrons. The maximum Gasteiger partial charge on any atom is 0.341 e. The highest BCUT2D eigenvalue weighted by atomic mass is 16.5. The number of nitriles is 1. The van der Waals surface area contributed by atoms with E-state index in [1.54, 1.807) is 29.7 Å². The zero-order chi connectivity index (χ0) is 11.5. The van der Waals surface area contributed by atoms with E-state index in [1.165, 1.54) is 6.20 Å². The van der Waals surface area contributed by atoms with Crippen molar-refractivity contribution < 1.29 is 9.53 Å². The number of carbonyl (C=O) groups excluding carboxylic acids is 1. The first-order valence-corrected chi connectivity index (χ1v) is 4.81. The molecule has 0 unspecified atom stereocenters. The first-order chi connectivity index (χ1) is 7.77. The van der Waals surface area contributed by atoms with E-state index < -0.39 is 5.97 Å². The van der Waals surface area contributed by atoms with E-state index in [4.69, 9.17) is 10.00 Å². The van der Waals surface area contributed by atoms with Gasteiger partial charge in [-0.1, -0.05) is 0 Å². The fourth-order valence-corrected chi connectivity index (χ4v) is 1.46. The van der Waals surface area contributed by atoms with Crippen LogP contribution in [0.2, 0.25) is 0 Å². The highest BCUT2D eigenvalue weighted by molar-refractivity contribution is 5.95. The van der Waals surface area contributed by atoms with Gasteiger partial charge in [0.2, 0.25) is 0 Å². The van der Waals surface area contributed by atoms with E-state index in [1.807, 2.05) is 6.07 Å². The topological polar surface area (TPSA) is 67.4 Å². The summed E-state index contributed by atoms with van der Waals surface area (Å²) in [6, 6.07) is 5.31. The van der Waals surface area contributed by atoms with Gasteiger partial charge < -0.3 is 4.74 Å². The number of nitrogens with zero attached hydrogens (tertiary/aromatic N) is 3. The average molecular weight is 215 g/mol. The fourth-order valence-electron chi connectivity index (χ4n) is 1.46. The zero-order valence-corrected chi connectivity index (χ0v) is 8.67. The van der Waals surface area contributed by atoms with E-state index in [9.17, 15) is 4.79 Å². The van der Waals surface area contributed by atoms with Crippen molar-refractivity contribution >= 4 is 11.6 Å². The predicted molar refractivity (Wildman–Crippen MR) is 55.9 cm³/mol. The van der Waals surface area contributed by atoms with Crippen molar-refractivity contribution in [1.82, 2.24) is 9.38 Å². The molecule has 80 valence electrons. The molecule has 5 heteroatoms. The summed E-state index contributed by atoms with van der Waals surface area (Å²) in [7, 11) is 0. The number of hydrogen-bond acceptors (Lipinski definition) is 4. The van der Waals surface area contributed by atoms with Crippen molar-refractivity contribution in [1.29, 1.82) is 5.26 Å². The lowest BCUT2D eigenvalue weighted by molar-refractivity contribution is 0.0528. The molecular formula is C11H9N3O2. The normalized spacial score (nSPS) is 10.0. The summed E-state index contributed by atoms with van der Waals surface area (Å²) in [5.41, 5.74) is 1.20. The Hall–Kier alpha value is -2.35. The lowest BCUT2D eigenvalue weighted by atomic mass is 10.2. The number of ether oxygens (including phenoxy) is 1. The van der Waals surface area contributed by atoms with Crippen LogP contribution in [0.4, 0.5) is 0 Å². The molecule has 0 fully saturated rings. The molecule has 0 bridgehead atoms. The molecule has 5 nitrogen and oxygen atoms in total. The van der Waals surface area contributed by atoms with Crippen molar-refractivity contribution in [3.05, 3.63) is 35.8 Å². The predicted octanol–water partition coefficient (Wildman–Crippen LogP) is 1.38. The fraction of sp³-hybridized carbons (Fsp3) is 0.182. The van der Waals surface area contributed by atoms with Crippen LogP contribution in [0.25, 0.3) is 5.65 Å². The van der Waals surface area contributed by atoms with E-state index in [0.29, 0.717) is 23.5 Å². The molecule has 0 spiro atoms. The van der Waals surface area contributed by atoms with Gasteiger partial charge in [0.25, 0.3) is 0 Å². The van der Waals surface area contributed by atoms with Crippen LogP contribution in [-0.2, 0) is 4.74 Å². The smallest absolute Gasteiger partial charge is 0.341 e. The van der Waals surface area contributed by atoms with Gasteiger partial charge in [0, 0.05) is 6.20 Å². The van der Waals surface area contributed by atoms with Crippen LogP contribution < -0.4 is 0 Å². The molecule has 0 aliphatic rings. The summed E-state index contributed by atoms with van der Waals surface area (Å²) in [5.74, 6) is -0.428. The Kier molecular flexibility index (Phi) is 2.56. The number of hydrogen-bond donors (Lipinski definition) is 0. The second-order valence-corrected chi connectivity index (χ2v) is 3.09. The second kappa shape index (κ2) is 4.03. The van der Waals surface area contributed by atoms with Crippen molar-refractivity contribution in [2.24, 2.45) is 0 Å². The van der Waals surface area contributed by atoms with Gasteiger partial charge in [-0.15, -0.1) is 0 Å². The third-order valence-corrected chi connectivity index (χ3v) is 2.15. The van der Waals surface area contributed by atoms with Crippen LogP contribution in [0.3, 0.4) is 0 Å². The van der Waals surface area contributed by atoms with Crippen LogP contribution >= 0.6 is 0 Å². The van der Waals surface area contributed by atoms with Gasteiger partial charge in [0.05, 0.1) is 12.8 Å². The van der Waals surface area contributed by atoms with Crippen molar-refractivity contribution in [3.63, 3.8) is 0 Å². The van der Waals surface area contributed by atoms with Crippen LogP contribution in [-0.4, -0.2) is 22.0 Å². The van der Waals surface area contributed by atoms with Gasteiger partial charge >= 0.3 is 5.97 Å². The molecule has 2 aromatic rings. The molecule has 0 N–H and O–H groups in total. The number of pyridine rings is 1. The standard InChI is InChI=1S/C11H9N3O2/c1-2-16-11(15)9-4-3-5-14-8(6-12)7-13-10(9)14/h3-5,7H,2H2,1H3. The van der Waals surface area contributed by atoms with Gasteiger partial charge in [-0.05, 0) is 19.1 Å². The minimum absolute atomic E-state index is 0.311. The molecule has 16 heavy (non-hydrogen) atoms. The number of carbonyl (C=O) groups is 1. The Morgan fingerprint density at radius 1 is 1.69 bits per heavy atom. The van der Waals surface area contributed by atoms with Crippen LogP contribution in [0.5, 0.6) is 0 Å². The molecule has 2 heterocycles. The SMILES string of the molecule is CCOC(=O)c1cccn2c(C#N)cnc12. The van der Waals surface area contributed by atoms with Crippen LogP contribution in [0.1, 0.15) is 23.0 Å². The number of fused-ring (bicyclic) bond motifs is 1. The summed E-state index contributed by atoms with van der Waals surface area (Å²) in [5, 5.41) is 8.83. The zero-order valence-electron chi connectivity index (χ0n) is 8.67. The molecule has 0 saturated carbocycles. The Bertz CT molecular complexity index is 580. The highest BCUT2D eigenvalue weighted by Crippen LogP contribution is 2.12. The summed E-state index contributed by atoms with van der Waals surface area (Å²) >= 11 is 0. The minimum Gasteiger partial charge on any atom is -0.462 e. The Balaban J connectivity index is 2.60. The Morgan fingerprint density at radius 3 is 3.19 bits per heavy atom. The molecule has 0 aliphatic carbocycles. The number of aromatic nitrogens is 2. The lowest BCUT2D eigenvalue weighted by Crippen LogP contribution is -2.07. The molecule has 0 saturated heterocycles. The molecular weight excluding hydrogens is 206 g/mol. The average Bonchev–Trinajstić information content (AvgIpc) is 2.71. The summed E-state index contributed by atoms with van der Waals surface area (Å²) in [6.07, 6.45) is 3.11. The molecule has 2 rings (SSSR count). The summed E-state index contributed by atoms with van der Waals surface area (Å²) in [6.45, 7) is 2.05. The van der Waals surface area contributed by atoms with E-state index in [0.717, 1.165) is 0 Å². The van der Waals surface area contributed by atoms with E-state index in [2.05, 4.69) is 4.98 Å². The molecule has 0 aliphatic heterocycles. The maximum atomic E-state index is 11.6. The largest absolute Gasteiger partial charge is 0.462 e. The molecule has 0 atom stereocenters. The van der Waals surface area contributed by atoms with Crippen LogP contribution in [0, 0.1) is 11.3 Å². The first kappa shape index (κ1) is 10.2. The summed E-state index contributed by atoms with van der Waals surface area (Å²) in [4.78, 5) is 15.6. The van der Waals surface area contributed by atoms with Gasteiger partial charge in [0.15, 0.2) is 5.65 Å². The minimum atomic E-state index is -0.428. The first-order valence-electron chi connectivity index (χ1n) is 4.81.